The first-order chi connectivity index (χ1) is 13.5. The number of anilines is 1. The number of nitro benzene ring substituents is 1. The molecule has 0 radical (unpaired) electrons. The van der Waals surface area contributed by atoms with Gasteiger partial charge in [-0.25, -0.2) is 16.8 Å². The lowest BCUT2D eigenvalue weighted by atomic mass is 10.2. The van der Waals surface area contributed by atoms with Crippen LogP contribution in [-0.2, 0) is 19.9 Å². The second-order valence-electron chi connectivity index (χ2n) is 5.93. The molecule has 0 atom stereocenters. The lowest BCUT2D eigenvalue weighted by molar-refractivity contribution is -0.385. The van der Waals surface area contributed by atoms with Crippen molar-refractivity contribution < 1.29 is 26.6 Å². The van der Waals surface area contributed by atoms with Crippen molar-refractivity contribution in [3.63, 3.8) is 0 Å². The van der Waals surface area contributed by atoms with E-state index < -0.39 is 30.7 Å². The fourth-order valence-electron chi connectivity index (χ4n) is 2.23. The Kier molecular flexibility index (Phi) is 6.93. The maximum absolute atomic E-state index is 12.4. The zero-order valence-electron chi connectivity index (χ0n) is 15.4. The Balaban J connectivity index is 2.05. The van der Waals surface area contributed by atoms with Crippen LogP contribution in [0.25, 0.3) is 0 Å². The van der Waals surface area contributed by atoms with Gasteiger partial charge in [0.25, 0.3) is 21.6 Å². The quantitative estimate of drug-likeness (QED) is 0.442. The van der Waals surface area contributed by atoms with Crippen LogP contribution < -0.4 is 10.0 Å². The number of non-ortho nitro benzene ring substituents is 1. The van der Waals surface area contributed by atoms with Crippen LogP contribution in [0.15, 0.2) is 53.4 Å². The molecule has 2 aromatic rings. The van der Waals surface area contributed by atoms with Gasteiger partial charge in [0.2, 0.25) is 0 Å². The first-order valence-corrected chi connectivity index (χ1v) is 11.7. The smallest absolute Gasteiger partial charge is 0.270 e. The van der Waals surface area contributed by atoms with Crippen molar-refractivity contribution in [2.75, 3.05) is 22.8 Å². The number of nitrogens with zero attached hydrogens (tertiary/aromatic N) is 1. The van der Waals surface area contributed by atoms with E-state index in [0.29, 0.717) is 0 Å². The van der Waals surface area contributed by atoms with E-state index in [9.17, 15) is 31.7 Å². The number of amides is 1. The second kappa shape index (κ2) is 9.01. The zero-order valence-corrected chi connectivity index (χ0v) is 17.0. The largest absolute Gasteiger partial charge is 0.351 e. The van der Waals surface area contributed by atoms with E-state index in [1.165, 1.54) is 49.4 Å². The van der Waals surface area contributed by atoms with Gasteiger partial charge in [-0.1, -0.05) is 13.0 Å². The predicted octanol–water partition coefficient (Wildman–Crippen LogP) is 1.56. The lowest BCUT2D eigenvalue weighted by Gasteiger charge is -2.09. The first kappa shape index (κ1) is 22.3. The molecule has 0 aromatic heterocycles. The summed E-state index contributed by atoms with van der Waals surface area (Å²) in [5, 5.41) is 13.3. The fourth-order valence-corrected chi connectivity index (χ4v) is 4.03. The van der Waals surface area contributed by atoms with Crippen molar-refractivity contribution in [3.8, 4) is 0 Å². The maximum Gasteiger partial charge on any atom is 0.270 e. The summed E-state index contributed by atoms with van der Waals surface area (Å²) in [5.74, 6) is -0.678. The third kappa shape index (κ3) is 6.26. The Labute approximate surface area is 168 Å². The molecule has 1 amide bonds. The molecule has 0 saturated carbocycles. The molecule has 0 saturated heterocycles. The summed E-state index contributed by atoms with van der Waals surface area (Å²) in [6.07, 6.45) is 0. The minimum atomic E-state index is -4.06. The van der Waals surface area contributed by atoms with Crippen LogP contribution >= 0.6 is 0 Å². The summed E-state index contributed by atoms with van der Waals surface area (Å²) in [5.41, 5.74) is 0.0174. The molecule has 0 aliphatic heterocycles. The minimum absolute atomic E-state index is 0.0116. The number of nitrogens with one attached hydrogen (secondary N) is 2. The molecule has 0 unspecified atom stereocenters. The summed E-state index contributed by atoms with van der Waals surface area (Å²) in [6.45, 7) is 1.49. The van der Waals surface area contributed by atoms with Gasteiger partial charge in [-0.05, 0) is 30.3 Å². The van der Waals surface area contributed by atoms with Crippen molar-refractivity contribution in [2.45, 2.75) is 11.8 Å². The summed E-state index contributed by atoms with van der Waals surface area (Å²) in [7, 11) is -7.25. The highest BCUT2D eigenvalue weighted by molar-refractivity contribution is 7.92. The van der Waals surface area contributed by atoms with Crippen LogP contribution in [-0.4, -0.2) is 45.7 Å². The monoisotopic (exact) mass is 441 g/mol. The predicted molar refractivity (Wildman–Crippen MR) is 107 cm³/mol. The van der Waals surface area contributed by atoms with Crippen molar-refractivity contribution in [2.24, 2.45) is 0 Å². The fraction of sp³-hybridized carbons (Fsp3) is 0.235. The lowest BCUT2D eigenvalue weighted by Crippen LogP contribution is -2.29. The highest BCUT2D eigenvalue weighted by Crippen LogP contribution is 2.20. The van der Waals surface area contributed by atoms with E-state index in [1.807, 2.05) is 0 Å². The van der Waals surface area contributed by atoms with Crippen LogP contribution in [0.5, 0.6) is 0 Å². The number of sulfone groups is 1. The zero-order chi connectivity index (χ0) is 21.7. The van der Waals surface area contributed by atoms with Gasteiger partial charge in [0.05, 0.1) is 15.6 Å². The van der Waals surface area contributed by atoms with Crippen LogP contribution in [0.1, 0.15) is 17.3 Å². The molecule has 2 aromatic carbocycles. The van der Waals surface area contributed by atoms with Gasteiger partial charge in [0.15, 0.2) is 9.84 Å². The third-order valence-electron chi connectivity index (χ3n) is 3.88. The molecule has 0 bridgehead atoms. The van der Waals surface area contributed by atoms with Gasteiger partial charge in [0.1, 0.15) is 0 Å². The molecule has 10 nitrogen and oxygen atoms in total. The number of nitro groups is 1. The Morgan fingerprint density at radius 2 is 1.72 bits per heavy atom. The summed E-state index contributed by atoms with van der Waals surface area (Å²) < 4.78 is 49.9. The maximum atomic E-state index is 12.4. The molecule has 0 aliphatic rings. The van der Waals surface area contributed by atoms with E-state index in [1.54, 1.807) is 0 Å². The molecule has 0 heterocycles. The second-order valence-corrected chi connectivity index (χ2v) is 10.1. The van der Waals surface area contributed by atoms with E-state index in [0.717, 1.165) is 6.07 Å². The normalized spacial score (nSPS) is 11.6. The third-order valence-corrected chi connectivity index (χ3v) is 6.96. The Bertz CT molecular complexity index is 1110. The van der Waals surface area contributed by atoms with E-state index >= 15 is 0 Å². The molecule has 0 fully saturated rings. The summed E-state index contributed by atoms with van der Waals surface area (Å²) >= 11 is 0. The number of benzene rings is 2. The van der Waals surface area contributed by atoms with E-state index in [2.05, 4.69) is 10.0 Å². The average Bonchev–Trinajstić information content (AvgIpc) is 2.68. The number of rotatable bonds is 9. The van der Waals surface area contributed by atoms with Gasteiger partial charge in [-0.15, -0.1) is 0 Å². The van der Waals surface area contributed by atoms with Gasteiger partial charge in [-0.2, -0.15) is 0 Å². The molecule has 2 N–H and O–H groups in total. The highest BCUT2D eigenvalue weighted by atomic mass is 32.2. The van der Waals surface area contributed by atoms with Gasteiger partial charge < -0.3 is 5.32 Å². The Morgan fingerprint density at radius 1 is 1.07 bits per heavy atom. The molecule has 156 valence electrons. The number of carbonyl (C=O) groups is 1. The molecular formula is C17H19N3O7S2. The van der Waals surface area contributed by atoms with Crippen LogP contribution in [0.2, 0.25) is 0 Å². The van der Waals surface area contributed by atoms with Gasteiger partial charge >= 0.3 is 0 Å². The number of hydrogen-bond acceptors (Lipinski definition) is 7. The molecule has 0 spiro atoms. The number of sulfonamides is 1. The molecule has 29 heavy (non-hydrogen) atoms. The van der Waals surface area contributed by atoms with Crippen molar-refractivity contribution in [1.29, 1.82) is 0 Å². The SMILES string of the molecule is CCS(=O)(=O)CCNC(=O)c1ccc(NS(=O)(=O)c2cccc([N+](=O)[O-])c2)cc1. The molecule has 2 rings (SSSR count). The van der Waals surface area contributed by atoms with Gasteiger partial charge in [-0.3, -0.25) is 19.6 Å². The highest BCUT2D eigenvalue weighted by Gasteiger charge is 2.18. The molecule has 12 heteroatoms. The van der Waals surface area contributed by atoms with Crippen LogP contribution in [0.4, 0.5) is 11.4 Å². The van der Waals surface area contributed by atoms with Crippen molar-refractivity contribution in [3.05, 3.63) is 64.2 Å². The van der Waals surface area contributed by atoms with E-state index in [4.69, 9.17) is 0 Å². The van der Waals surface area contributed by atoms with Crippen molar-refractivity contribution in [1.82, 2.24) is 5.32 Å². The Hall–Kier alpha value is -2.99. The first-order valence-electron chi connectivity index (χ1n) is 8.40. The number of carbonyl (C=O) groups excluding carboxylic acids is 1. The molecular weight excluding hydrogens is 422 g/mol. The minimum Gasteiger partial charge on any atom is -0.351 e. The summed E-state index contributed by atoms with van der Waals surface area (Å²) in [6, 6.07) is 10.1. The topological polar surface area (TPSA) is 153 Å². The number of hydrogen-bond donors (Lipinski definition) is 2. The van der Waals surface area contributed by atoms with E-state index in [-0.39, 0.29) is 39.9 Å². The van der Waals surface area contributed by atoms with Crippen molar-refractivity contribution >= 4 is 37.1 Å². The average molecular weight is 441 g/mol. The molecule has 0 aliphatic carbocycles. The summed E-state index contributed by atoms with van der Waals surface area (Å²) in [4.78, 5) is 21.9. The van der Waals surface area contributed by atoms with Crippen LogP contribution in [0.3, 0.4) is 0 Å². The standard InChI is InChI=1S/C17H19N3O7S2/c1-2-28(24,25)11-10-18-17(21)13-6-8-14(9-7-13)19-29(26,27)16-5-3-4-15(12-16)20(22)23/h3-9,12,19H,2,10-11H2,1H3,(H,18,21). The van der Waals surface area contributed by atoms with Crippen LogP contribution in [0, 0.1) is 10.1 Å². The van der Waals surface area contributed by atoms with Gasteiger partial charge in [0, 0.05) is 35.7 Å². The Morgan fingerprint density at radius 3 is 2.31 bits per heavy atom.